The predicted molar refractivity (Wildman–Crippen MR) is 137 cm³/mol. The van der Waals surface area contributed by atoms with E-state index in [0.29, 0.717) is 18.0 Å². The van der Waals surface area contributed by atoms with Gasteiger partial charge in [-0.25, -0.2) is 13.6 Å². The van der Waals surface area contributed by atoms with Crippen molar-refractivity contribution in [2.75, 3.05) is 5.32 Å². The second-order valence-corrected chi connectivity index (χ2v) is 9.96. The molecule has 200 valence electrons. The zero-order chi connectivity index (χ0) is 27.6. The van der Waals surface area contributed by atoms with Gasteiger partial charge in [0.25, 0.3) is 0 Å². The van der Waals surface area contributed by atoms with Gasteiger partial charge < -0.3 is 15.2 Å². The van der Waals surface area contributed by atoms with Gasteiger partial charge in [0.1, 0.15) is 11.7 Å². The molecule has 38 heavy (non-hydrogen) atoms. The molecule has 1 heterocycles. The summed E-state index contributed by atoms with van der Waals surface area (Å²) >= 11 is 5.95. The van der Waals surface area contributed by atoms with E-state index in [2.05, 4.69) is 12.2 Å². The number of hydrogen-bond acceptors (Lipinski definition) is 4. The van der Waals surface area contributed by atoms with Crippen molar-refractivity contribution in [3.05, 3.63) is 76.8 Å². The molecule has 1 fully saturated rings. The number of ether oxygens (including phenoxy) is 1. The molecule has 4 rings (SSSR count). The van der Waals surface area contributed by atoms with E-state index in [-0.39, 0.29) is 45.0 Å². The first-order valence-corrected chi connectivity index (χ1v) is 12.6. The van der Waals surface area contributed by atoms with Crippen LogP contribution in [0.1, 0.15) is 55.1 Å². The van der Waals surface area contributed by atoms with Gasteiger partial charge in [-0.2, -0.15) is 0 Å². The highest BCUT2D eigenvalue weighted by Gasteiger charge is 2.37. The van der Waals surface area contributed by atoms with Gasteiger partial charge in [0.05, 0.1) is 21.7 Å². The smallest absolute Gasteiger partial charge is 0.335 e. The van der Waals surface area contributed by atoms with Crippen molar-refractivity contribution in [1.82, 2.24) is 0 Å². The molecule has 1 saturated carbocycles. The summed E-state index contributed by atoms with van der Waals surface area (Å²) in [6.07, 6.45) is 2.00. The maximum absolute atomic E-state index is 15.0. The molecule has 4 atom stereocenters. The van der Waals surface area contributed by atoms with E-state index in [4.69, 9.17) is 21.4 Å². The molecular weight excluding hydrogens is 518 g/mol. The lowest BCUT2D eigenvalue weighted by Gasteiger charge is -2.35. The molecule has 0 saturated heterocycles. The SMILES string of the molecule is CC(F)Oc1ccc(Cl)c(F)c1-c1ccc(C(CC2CCC2C)C(=O)Nc2ccc(C(=O)O)cc2)[n+](O)c1. The minimum atomic E-state index is -1.71. The van der Waals surface area contributed by atoms with Crippen LogP contribution in [-0.4, -0.2) is 28.5 Å². The molecule has 1 aliphatic carbocycles. The third-order valence-electron chi connectivity index (χ3n) is 7.00. The first-order chi connectivity index (χ1) is 18.0. The third-order valence-corrected chi connectivity index (χ3v) is 7.30. The highest BCUT2D eigenvalue weighted by Crippen LogP contribution is 2.41. The van der Waals surface area contributed by atoms with Crippen LogP contribution < -0.4 is 14.8 Å². The number of hydrogen-bond donors (Lipinski definition) is 3. The summed E-state index contributed by atoms with van der Waals surface area (Å²) < 4.78 is 34.4. The largest absolute Gasteiger partial charge is 0.478 e. The maximum atomic E-state index is 15.0. The number of amides is 1. The van der Waals surface area contributed by atoms with Gasteiger partial charge in [0.15, 0.2) is 5.82 Å². The fraction of sp³-hybridized carbons (Fsp3) is 0.321. The number of alkyl halides is 1. The zero-order valence-corrected chi connectivity index (χ0v) is 21.6. The monoisotopic (exact) mass is 545 g/mol. The Balaban J connectivity index is 1.67. The zero-order valence-electron chi connectivity index (χ0n) is 20.8. The second kappa shape index (κ2) is 11.3. The number of anilines is 1. The van der Waals surface area contributed by atoms with Gasteiger partial charge in [-0.1, -0.05) is 24.9 Å². The predicted octanol–water partition coefficient (Wildman–Crippen LogP) is 6.22. The van der Waals surface area contributed by atoms with Crippen LogP contribution in [0.5, 0.6) is 5.75 Å². The quantitative estimate of drug-likeness (QED) is 0.219. The van der Waals surface area contributed by atoms with E-state index >= 15 is 0 Å². The van der Waals surface area contributed by atoms with Crippen LogP contribution in [0.4, 0.5) is 14.5 Å². The van der Waals surface area contributed by atoms with Crippen LogP contribution in [0.15, 0.2) is 54.7 Å². The van der Waals surface area contributed by atoms with E-state index in [9.17, 15) is 23.6 Å². The van der Waals surface area contributed by atoms with Gasteiger partial charge in [0, 0.05) is 23.4 Å². The molecular formula is C28H28ClF2N2O5+. The Bertz CT molecular complexity index is 1350. The standard InChI is InChI=1S/C28H27ClF2N2O5/c1-15-3-4-18(15)13-21(27(34)32-20-8-5-17(6-9-20)28(35)36)23-11-7-19(14-33(23)37)25-24(38-16(2)30)12-10-22(29)26(25)31/h5-12,14-16,18,21H,3-4,13H2,1-2H3,(H2-,32,34,35,36,37)/p+1. The maximum Gasteiger partial charge on any atom is 0.335 e. The van der Waals surface area contributed by atoms with Crippen LogP contribution in [0.2, 0.25) is 5.02 Å². The van der Waals surface area contributed by atoms with E-state index in [1.807, 2.05) is 0 Å². The molecule has 10 heteroatoms. The highest BCUT2D eigenvalue weighted by molar-refractivity contribution is 6.31. The lowest BCUT2D eigenvalue weighted by molar-refractivity contribution is -0.909. The summed E-state index contributed by atoms with van der Waals surface area (Å²) in [5.74, 6) is -2.44. The van der Waals surface area contributed by atoms with Gasteiger partial charge in [-0.15, -0.1) is 0 Å². The van der Waals surface area contributed by atoms with Gasteiger partial charge in [-0.3, -0.25) is 10.0 Å². The molecule has 2 aromatic carbocycles. The normalized spacial score (nSPS) is 18.2. The number of aromatic carboxylic acids is 1. The van der Waals surface area contributed by atoms with Crippen LogP contribution in [-0.2, 0) is 4.79 Å². The number of nitrogens with zero attached hydrogens (tertiary/aromatic N) is 1. The number of carbonyl (C=O) groups is 2. The van der Waals surface area contributed by atoms with Crippen LogP contribution in [0.3, 0.4) is 0 Å². The molecule has 3 N–H and O–H groups in total. The highest BCUT2D eigenvalue weighted by atomic mass is 35.5. The van der Waals surface area contributed by atoms with Gasteiger partial charge in [0.2, 0.25) is 24.2 Å². The van der Waals surface area contributed by atoms with Crippen molar-refractivity contribution in [3.8, 4) is 16.9 Å². The number of carboxylic acid groups (broad SMARTS) is 1. The first-order valence-electron chi connectivity index (χ1n) is 12.2. The number of rotatable bonds is 9. The average Bonchev–Trinajstić information content (AvgIpc) is 2.86. The lowest BCUT2D eigenvalue weighted by Crippen LogP contribution is -2.41. The molecule has 0 spiro atoms. The summed E-state index contributed by atoms with van der Waals surface area (Å²) in [5.41, 5.74) is 0.827. The molecule has 0 bridgehead atoms. The molecule has 0 aliphatic heterocycles. The Labute approximate surface area is 223 Å². The fourth-order valence-corrected chi connectivity index (χ4v) is 4.83. The molecule has 1 aliphatic rings. The van der Waals surface area contributed by atoms with E-state index in [1.54, 1.807) is 0 Å². The van der Waals surface area contributed by atoms with Crippen molar-refractivity contribution in [3.63, 3.8) is 0 Å². The van der Waals surface area contributed by atoms with Crippen molar-refractivity contribution in [2.45, 2.75) is 45.4 Å². The summed E-state index contributed by atoms with van der Waals surface area (Å²) in [5, 5.41) is 22.6. The van der Waals surface area contributed by atoms with E-state index in [1.165, 1.54) is 54.7 Å². The minimum Gasteiger partial charge on any atom is -0.478 e. The molecule has 4 unspecified atom stereocenters. The number of carbonyl (C=O) groups excluding carboxylic acids is 1. The summed E-state index contributed by atoms with van der Waals surface area (Å²) in [7, 11) is 0. The topological polar surface area (TPSA) is 99.7 Å². The Kier molecular flexibility index (Phi) is 8.16. The number of halogens is 3. The Morgan fingerprint density at radius 3 is 2.42 bits per heavy atom. The molecule has 1 amide bonds. The van der Waals surface area contributed by atoms with Crippen molar-refractivity contribution in [2.24, 2.45) is 11.8 Å². The van der Waals surface area contributed by atoms with Crippen molar-refractivity contribution < 1.29 is 38.2 Å². The molecule has 3 aromatic rings. The van der Waals surface area contributed by atoms with E-state index in [0.717, 1.165) is 24.5 Å². The van der Waals surface area contributed by atoms with Crippen molar-refractivity contribution >= 4 is 29.2 Å². The van der Waals surface area contributed by atoms with Crippen LogP contribution in [0.25, 0.3) is 11.1 Å². The van der Waals surface area contributed by atoms with Crippen molar-refractivity contribution in [1.29, 1.82) is 0 Å². The molecule has 1 aromatic heterocycles. The van der Waals surface area contributed by atoms with Gasteiger partial charge in [-0.05, 0) is 67.1 Å². The summed E-state index contributed by atoms with van der Waals surface area (Å²) in [4.78, 5) is 24.5. The number of carboxylic acids is 1. The third kappa shape index (κ3) is 5.88. The number of aromatic nitrogens is 1. The van der Waals surface area contributed by atoms with Crippen LogP contribution in [0, 0.1) is 17.7 Å². The fourth-order valence-electron chi connectivity index (χ4n) is 4.68. The molecule has 0 radical (unpaired) electrons. The van der Waals surface area contributed by atoms with E-state index < -0.39 is 24.1 Å². The Morgan fingerprint density at radius 2 is 1.87 bits per heavy atom. The number of pyridine rings is 1. The average molecular weight is 546 g/mol. The molecule has 7 nitrogen and oxygen atoms in total. The Morgan fingerprint density at radius 1 is 1.16 bits per heavy atom. The van der Waals surface area contributed by atoms with Crippen LogP contribution >= 0.6 is 11.6 Å². The minimum absolute atomic E-state index is 0.0861. The second-order valence-electron chi connectivity index (χ2n) is 9.56. The lowest BCUT2D eigenvalue weighted by atomic mass is 9.70. The first kappa shape index (κ1) is 27.3. The van der Waals surface area contributed by atoms with Gasteiger partial charge >= 0.3 is 5.97 Å². The number of nitrogens with one attached hydrogen (secondary N) is 1. The summed E-state index contributed by atoms with van der Waals surface area (Å²) in [6, 6.07) is 11.4. The summed E-state index contributed by atoms with van der Waals surface area (Å²) in [6.45, 7) is 3.27. The number of benzene rings is 2. The Hall–Kier alpha value is -3.72.